The number of hydrogen-bond acceptors (Lipinski definition) is 4. The molecule has 1 aromatic heterocycles. The van der Waals surface area contributed by atoms with Crippen molar-refractivity contribution in [2.24, 2.45) is 0 Å². The molecule has 158 valence electrons. The molecule has 0 radical (unpaired) electrons. The van der Waals surface area contributed by atoms with Gasteiger partial charge in [0.25, 0.3) is 5.91 Å². The molecule has 0 aliphatic heterocycles. The number of rotatable bonds is 7. The molecule has 0 bridgehead atoms. The fourth-order valence-electron chi connectivity index (χ4n) is 3.62. The summed E-state index contributed by atoms with van der Waals surface area (Å²) in [6, 6.07) is 24.9. The van der Waals surface area contributed by atoms with Gasteiger partial charge in [-0.1, -0.05) is 48.5 Å². The lowest BCUT2D eigenvalue weighted by molar-refractivity contribution is 0.0966. The summed E-state index contributed by atoms with van der Waals surface area (Å²) < 4.78 is 13.5. The van der Waals surface area contributed by atoms with Gasteiger partial charge in [-0.3, -0.25) is 9.36 Å². The minimum Gasteiger partial charge on any atom is -0.497 e. The van der Waals surface area contributed by atoms with Crippen LogP contribution < -0.4 is 9.47 Å². The van der Waals surface area contributed by atoms with Crippen molar-refractivity contribution in [3.8, 4) is 22.8 Å². The van der Waals surface area contributed by atoms with Crippen LogP contribution in [0.25, 0.3) is 22.2 Å². The molecule has 31 heavy (non-hydrogen) atoms. The highest BCUT2D eigenvalue weighted by molar-refractivity contribution is 6.09. The van der Waals surface area contributed by atoms with Crippen LogP contribution in [0.3, 0.4) is 0 Å². The zero-order chi connectivity index (χ0) is 21.8. The van der Waals surface area contributed by atoms with E-state index >= 15 is 0 Å². The third kappa shape index (κ3) is 4.18. The third-order valence-corrected chi connectivity index (χ3v) is 5.18. The fraction of sp³-hybridized carbons (Fsp3) is 0.192. The van der Waals surface area contributed by atoms with E-state index in [0.717, 1.165) is 28.7 Å². The first kappa shape index (κ1) is 20.7. The Morgan fingerprint density at radius 3 is 2.26 bits per heavy atom. The van der Waals surface area contributed by atoms with Crippen molar-refractivity contribution in [2.45, 2.75) is 0 Å². The highest BCUT2D eigenvalue weighted by Gasteiger charge is 2.25. The maximum Gasteiger partial charge on any atom is 0.262 e. The van der Waals surface area contributed by atoms with Crippen molar-refractivity contribution in [1.82, 2.24) is 9.47 Å². The van der Waals surface area contributed by atoms with Crippen molar-refractivity contribution < 1.29 is 14.3 Å². The van der Waals surface area contributed by atoms with E-state index in [1.807, 2.05) is 93.0 Å². The molecule has 3 aromatic carbocycles. The summed E-state index contributed by atoms with van der Waals surface area (Å²) in [6.45, 7) is 1.26. The number of carbonyl (C=O) groups excluding carboxylic acids is 1. The second-order valence-electron chi connectivity index (χ2n) is 7.59. The van der Waals surface area contributed by atoms with E-state index in [1.54, 1.807) is 11.7 Å². The molecule has 0 N–H and O–H groups in total. The van der Waals surface area contributed by atoms with Gasteiger partial charge in [0.15, 0.2) is 5.75 Å². The van der Waals surface area contributed by atoms with E-state index in [9.17, 15) is 4.79 Å². The number of methoxy groups -OCH3 is 1. The maximum absolute atomic E-state index is 13.7. The third-order valence-electron chi connectivity index (χ3n) is 5.18. The molecule has 0 spiro atoms. The summed E-state index contributed by atoms with van der Waals surface area (Å²) >= 11 is 0. The van der Waals surface area contributed by atoms with Crippen molar-refractivity contribution in [2.75, 3.05) is 34.4 Å². The molecule has 0 atom stereocenters. The minimum atomic E-state index is -0.0999. The molecule has 0 aliphatic rings. The topological polar surface area (TPSA) is 43.7 Å². The van der Waals surface area contributed by atoms with Crippen molar-refractivity contribution in [3.63, 3.8) is 0 Å². The van der Waals surface area contributed by atoms with E-state index < -0.39 is 0 Å². The van der Waals surface area contributed by atoms with E-state index in [-0.39, 0.29) is 5.91 Å². The Morgan fingerprint density at radius 2 is 1.61 bits per heavy atom. The number of likely N-dealkylation sites (N-methyl/N-ethyl adjacent to an activating group) is 1. The zero-order valence-corrected chi connectivity index (χ0v) is 18.0. The van der Waals surface area contributed by atoms with Gasteiger partial charge in [-0.05, 0) is 44.4 Å². The van der Waals surface area contributed by atoms with E-state index in [4.69, 9.17) is 9.47 Å². The first-order valence-electron chi connectivity index (χ1n) is 10.3. The Hall–Kier alpha value is -3.57. The van der Waals surface area contributed by atoms with Crippen LogP contribution in [0.1, 0.15) is 10.4 Å². The van der Waals surface area contributed by atoms with Gasteiger partial charge < -0.3 is 14.4 Å². The number of aromatic nitrogens is 1. The summed E-state index contributed by atoms with van der Waals surface area (Å²) in [5, 5.41) is 0.848. The lowest BCUT2D eigenvalue weighted by Crippen LogP contribution is -2.19. The van der Waals surface area contributed by atoms with Gasteiger partial charge in [0.2, 0.25) is 0 Å². The van der Waals surface area contributed by atoms with E-state index in [1.165, 1.54) is 0 Å². The molecule has 4 rings (SSSR count). The quantitative estimate of drug-likeness (QED) is 0.429. The van der Waals surface area contributed by atoms with Gasteiger partial charge >= 0.3 is 0 Å². The van der Waals surface area contributed by atoms with Gasteiger partial charge in [0, 0.05) is 23.1 Å². The van der Waals surface area contributed by atoms with Crippen molar-refractivity contribution in [3.05, 3.63) is 84.4 Å². The highest BCUT2D eigenvalue weighted by atomic mass is 16.5. The Kier molecular flexibility index (Phi) is 6.05. The van der Waals surface area contributed by atoms with Crippen LogP contribution in [0.4, 0.5) is 0 Å². The molecule has 0 unspecified atom stereocenters. The number of ether oxygens (including phenoxy) is 2. The number of fused-ring (bicyclic) bond motifs is 1. The average Bonchev–Trinajstić information content (AvgIpc) is 3.13. The Labute approximate surface area is 182 Å². The number of benzene rings is 3. The number of nitrogens with zero attached hydrogens (tertiary/aromatic N) is 2. The molecule has 5 nitrogen and oxygen atoms in total. The first-order chi connectivity index (χ1) is 15.1. The lowest BCUT2D eigenvalue weighted by Gasteiger charge is -2.14. The summed E-state index contributed by atoms with van der Waals surface area (Å²) in [5.41, 5.74) is 3.07. The minimum absolute atomic E-state index is 0.0999. The van der Waals surface area contributed by atoms with Crippen LogP contribution >= 0.6 is 0 Å². The predicted molar refractivity (Wildman–Crippen MR) is 124 cm³/mol. The molecule has 0 amide bonds. The van der Waals surface area contributed by atoms with E-state index in [2.05, 4.69) is 4.90 Å². The van der Waals surface area contributed by atoms with Crippen LogP contribution in [0, 0.1) is 0 Å². The molecule has 5 heteroatoms. The largest absolute Gasteiger partial charge is 0.497 e. The Balaban J connectivity index is 1.99. The number of carbonyl (C=O) groups is 1. The first-order valence-corrected chi connectivity index (χ1v) is 10.3. The molecule has 1 heterocycles. The van der Waals surface area contributed by atoms with Gasteiger partial charge in [0.1, 0.15) is 12.4 Å². The summed E-state index contributed by atoms with van der Waals surface area (Å²) in [5.74, 6) is 1.30. The normalized spacial score (nSPS) is 11.1. The highest BCUT2D eigenvalue weighted by Crippen LogP contribution is 2.42. The average molecular weight is 415 g/mol. The summed E-state index contributed by atoms with van der Waals surface area (Å²) in [7, 11) is 5.65. The maximum atomic E-state index is 13.7. The smallest absolute Gasteiger partial charge is 0.262 e. The van der Waals surface area contributed by atoms with Crippen molar-refractivity contribution >= 4 is 16.8 Å². The standard InChI is InChI=1S/C26H26N2O3/c1-27(2)16-17-31-25-22-18-21(30-3)14-15-23(22)28(24(25)19-10-6-4-7-11-19)26(29)20-12-8-5-9-13-20/h4-15,18H,16-17H2,1-3H3. The van der Waals surface area contributed by atoms with Crippen LogP contribution in [0.15, 0.2) is 78.9 Å². The van der Waals surface area contributed by atoms with E-state index in [0.29, 0.717) is 23.7 Å². The fourth-order valence-corrected chi connectivity index (χ4v) is 3.62. The Bertz CT molecular complexity index is 1180. The van der Waals surface area contributed by atoms with Crippen molar-refractivity contribution in [1.29, 1.82) is 0 Å². The zero-order valence-electron chi connectivity index (χ0n) is 18.0. The van der Waals surface area contributed by atoms with Gasteiger partial charge in [-0.15, -0.1) is 0 Å². The van der Waals surface area contributed by atoms with Crippen LogP contribution in [-0.2, 0) is 0 Å². The lowest BCUT2D eigenvalue weighted by atomic mass is 10.1. The molecule has 0 fully saturated rings. The molecular formula is C26H26N2O3. The van der Waals surface area contributed by atoms with Crippen LogP contribution in [-0.4, -0.2) is 49.7 Å². The molecule has 4 aromatic rings. The second-order valence-corrected chi connectivity index (χ2v) is 7.59. The van der Waals surface area contributed by atoms with Gasteiger partial charge in [-0.2, -0.15) is 0 Å². The molecule has 0 saturated heterocycles. The predicted octanol–water partition coefficient (Wildman–Crippen LogP) is 4.95. The summed E-state index contributed by atoms with van der Waals surface area (Å²) in [6.07, 6.45) is 0. The SMILES string of the molecule is COc1ccc2c(c1)c(OCCN(C)C)c(-c1ccccc1)n2C(=O)c1ccccc1. The molecule has 0 saturated carbocycles. The second kappa shape index (κ2) is 9.06. The molecular weight excluding hydrogens is 388 g/mol. The van der Waals surface area contributed by atoms with Crippen LogP contribution in [0.5, 0.6) is 11.5 Å². The Morgan fingerprint density at radius 1 is 0.935 bits per heavy atom. The van der Waals surface area contributed by atoms with Gasteiger partial charge in [0.05, 0.1) is 18.3 Å². The number of hydrogen-bond donors (Lipinski definition) is 0. The summed E-state index contributed by atoms with van der Waals surface area (Å²) in [4.78, 5) is 15.7. The molecule has 0 aliphatic carbocycles. The van der Waals surface area contributed by atoms with Crippen LogP contribution in [0.2, 0.25) is 0 Å². The van der Waals surface area contributed by atoms with Gasteiger partial charge in [-0.25, -0.2) is 0 Å². The monoisotopic (exact) mass is 414 g/mol.